The van der Waals surface area contributed by atoms with E-state index in [0.29, 0.717) is 0 Å². The number of aromatic nitrogens is 1. The van der Waals surface area contributed by atoms with Crippen LogP contribution in [0.2, 0.25) is 0 Å². The summed E-state index contributed by atoms with van der Waals surface area (Å²) in [6.45, 7) is 1.52. The van der Waals surface area contributed by atoms with Crippen LogP contribution in [0.5, 0.6) is 0 Å². The van der Waals surface area contributed by atoms with Crippen LogP contribution >= 0.6 is 0 Å². The second-order valence-electron chi connectivity index (χ2n) is 3.49. The third kappa shape index (κ3) is 2.23. The molecule has 2 heterocycles. The van der Waals surface area contributed by atoms with Gasteiger partial charge in [-0.1, -0.05) is 5.16 Å². The lowest BCUT2D eigenvalue weighted by Crippen LogP contribution is -2.34. The second-order valence-corrected chi connectivity index (χ2v) is 3.49. The quantitative estimate of drug-likeness (QED) is 0.565. The monoisotopic (exact) mass is 209 g/mol. The van der Waals surface area contributed by atoms with Gasteiger partial charge in [0.25, 0.3) is 0 Å². The Morgan fingerprint density at radius 1 is 1.33 bits per heavy atom. The van der Waals surface area contributed by atoms with Crippen LogP contribution in [0.4, 0.5) is 10.2 Å². The van der Waals surface area contributed by atoms with Gasteiger partial charge < -0.3 is 10.1 Å². The minimum Gasteiger partial charge on any atom is -0.411 e. The minimum atomic E-state index is -0.326. The lowest BCUT2D eigenvalue weighted by molar-refractivity contribution is 0.315. The molecule has 0 amide bonds. The first-order chi connectivity index (χ1) is 7.29. The molecule has 0 aliphatic carbocycles. The molecular formula is C10H12FN3O. The van der Waals surface area contributed by atoms with E-state index in [-0.39, 0.29) is 5.82 Å². The molecule has 80 valence electrons. The lowest BCUT2D eigenvalue weighted by Gasteiger charge is -2.27. The molecule has 0 spiro atoms. The fourth-order valence-corrected chi connectivity index (χ4v) is 1.65. The average Bonchev–Trinajstić information content (AvgIpc) is 2.30. The highest BCUT2D eigenvalue weighted by Crippen LogP contribution is 2.16. The third-order valence-corrected chi connectivity index (χ3v) is 2.52. The van der Waals surface area contributed by atoms with E-state index in [0.717, 1.165) is 37.5 Å². The number of rotatable bonds is 1. The van der Waals surface area contributed by atoms with Crippen molar-refractivity contribution in [3.63, 3.8) is 0 Å². The van der Waals surface area contributed by atoms with Gasteiger partial charge in [0, 0.05) is 25.9 Å². The Labute approximate surface area is 87.0 Å². The van der Waals surface area contributed by atoms with Gasteiger partial charge in [0.15, 0.2) is 0 Å². The Bertz CT molecular complexity index is 353. The van der Waals surface area contributed by atoms with Gasteiger partial charge in [0.1, 0.15) is 11.6 Å². The van der Waals surface area contributed by atoms with Crippen LogP contribution in [-0.2, 0) is 0 Å². The van der Waals surface area contributed by atoms with Crippen LogP contribution in [0, 0.1) is 5.82 Å². The van der Waals surface area contributed by atoms with Crippen molar-refractivity contribution in [2.75, 3.05) is 18.0 Å². The SMILES string of the molecule is ON=C1CCN(c2ccc(F)cn2)CC1. The average molecular weight is 209 g/mol. The van der Waals surface area contributed by atoms with Crippen molar-refractivity contribution in [1.82, 2.24) is 4.98 Å². The number of hydrogen-bond acceptors (Lipinski definition) is 4. The van der Waals surface area contributed by atoms with E-state index in [4.69, 9.17) is 5.21 Å². The van der Waals surface area contributed by atoms with Gasteiger partial charge in [-0.25, -0.2) is 9.37 Å². The summed E-state index contributed by atoms with van der Waals surface area (Å²) < 4.78 is 12.6. The fourth-order valence-electron chi connectivity index (χ4n) is 1.65. The Kier molecular flexibility index (Phi) is 2.80. The van der Waals surface area contributed by atoms with Crippen LogP contribution in [0.15, 0.2) is 23.5 Å². The smallest absolute Gasteiger partial charge is 0.141 e. The lowest BCUT2D eigenvalue weighted by atomic mass is 10.1. The normalized spacial score (nSPS) is 16.6. The highest BCUT2D eigenvalue weighted by molar-refractivity contribution is 5.85. The van der Waals surface area contributed by atoms with Gasteiger partial charge in [0.2, 0.25) is 0 Å². The predicted octanol–water partition coefficient (Wildman–Crippen LogP) is 1.65. The van der Waals surface area contributed by atoms with Crippen LogP contribution in [0.1, 0.15) is 12.8 Å². The molecule has 5 heteroatoms. The number of oxime groups is 1. The van der Waals surface area contributed by atoms with E-state index < -0.39 is 0 Å². The molecule has 1 aromatic heterocycles. The van der Waals surface area contributed by atoms with Crippen molar-refractivity contribution in [1.29, 1.82) is 0 Å². The van der Waals surface area contributed by atoms with Gasteiger partial charge >= 0.3 is 0 Å². The Hall–Kier alpha value is -1.65. The Morgan fingerprint density at radius 3 is 2.60 bits per heavy atom. The summed E-state index contributed by atoms with van der Waals surface area (Å²) in [5, 5.41) is 11.8. The van der Waals surface area contributed by atoms with Gasteiger partial charge in [0.05, 0.1) is 11.9 Å². The van der Waals surface area contributed by atoms with Crippen molar-refractivity contribution >= 4 is 11.5 Å². The fraction of sp³-hybridized carbons (Fsp3) is 0.400. The summed E-state index contributed by atoms with van der Waals surface area (Å²) in [6.07, 6.45) is 2.68. The number of nitrogens with zero attached hydrogens (tertiary/aromatic N) is 3. The number of hydrogen-bond donors (Lipinski definition) is 1. The number of pyridine rings is 1. The standard InChI is InChI=1S/C10H12FN3O/c11-8-1-2-10(12-7-8)14-5-3-9(13-15)4-6-14/h1-2,7,15H,3-6H2. The largest absolute Gasteiger partial charge is 0.411 e. The molecular weight excluding hydrogens is 197 g/mol. The molecule has 1 fully saturated rings. The van der Waals surface area contributed by atoms with E-state index in [1.807, 2.05) is 4.90 Å². The first-order valence-electron chi connectivity index (χ1n) is 4.86. The predicted molar refractivity (Wildman–Crippen MR) is 54.9 cm³/mol. The van der Waals surface area contributed by atoms with Crippen LogP contribution in [-0.4, -0.2) is 29.0 Å². The first kappa shape index (κ1) is 9.89. The van der Waals surface area contributed by atoms with E-state index in [1.54, 1.807) is 6.07 Å². The molecule has 1 aliphatic heterocycles. The molecule has 2 rings (SSSR count). The number of anilines is 1. The molecule has 0 radical (unpaired) electrons. The third-order valence-electron chi connectivity index (χ3n) is 2.52. The Balaban J connectivity index is 2.04. The summed E-state index contributed by atoms with van der Waals surface area (Å²) in [7, 11) is 0. The molecule has 1 saturated heterocycles. The van der Waals surface area contributed by atoms with Crippen LogP contribution in [0.3, 0.4) is 0 Å². The first-order valence-corrected chi connectivity index (χ1v) is 4.86. The van der Waals surface area contributed by atoms with Crippen molar-refractivity contribution in [3.05, 3.63) is 24.1 Å². The zero-order chi connectivity index (χ0) is 10.7. The number of piperidine rings is 1. The van der Waals surface area contributed by atoms with Gasteiger partial charge in [-0.15, -0.1) is 0 Å². The van der Waals surface area contributed by atoms with E-state index in [9.17, 15) is 4.39 Å². The summed E-state index contributed by atoms with van der Waals surface area (Å²) in [5.41, 5.74) is 0.813. The maximum atomic E-state index is 12.6. The van der Waals surface area contributed by atoms with Crippen molar-refractivity contribution in [3.8, 4) is 0 Å². The van der Waals surface area contributed by atoms with E-state index in [1.165, 1.54) is 12.3 Å². The molecule has 4 nitrogen and oxygen atoms in total. The molecule has 0 aromatic carbocycles. The zero-order valence-electron chi connectivity index (χ0n) is 8.23. The molecule has 0 bridgehead atoms. The summed E-state index contributed by atoms with van der Waals surface area (Å²) >= 11 is 0. The molecule has 0 unspecified atom stereocenters. The summed E-state index contributed by atoms with van der Waals surface area (Å²) in [5.74, 6) is 0.446. The minimum absolute atomic E-state index is 0.326. The van der Waals surface area contributed by atoms with Crippen molar-refractivity contribution in [2.45, 2.75) is 12.8 Å². The maximum Gasteiger partial charge on any atom is 0.141 e. The van der Waals surface area contributed by atoms with Crippen molar-refractivity contribution < 1.29 is 9.60 Å². The van der Waals surface area contributed by atoms with Gasteiger partial charge in [-0.3, -0.25) is 0 Å². The van der Waals surface area contributed by atoms with E-state index in [2.05, 4.69) is 10.1 Å². The second kappa shape index (κ2) is 4.25. The van der Waals surface area contributed by atoms with E-state index >= 15 is 0 Å². The number of halogens is 1. The van der Waals surface area contributed by atoms with Crippen LogP contribution in [0.25, 0.3) is 0 Å². The highest BCUT2D eigenvalue weighted by Gasteiger charge is 2.16. The zero-order valence-corrected chi connectivity index (χ0v) is 8.23. The van der Waals surface area contributed by atoms with Crippen LogP contribution < -0.4 is 4.90 Å². The maximum absolute atomic E-state index is 12.6. The molecule has 1 N–H and O–H groups in total. The molecule has 1 aromatic rings. The molecule has 1 aliphatic rings. The summed E-state index contributed by atoms with van der Waals surface area (Å²) in [4.78, 5) is 6.05. The molecule has 0 atom stereocenters. The van der Waals surface area contributed by atoms with Gasteiger partial charge in [-0.05, 0) is 12.1 Å². The van der Waals surface area contributed by atoms with Crippen molar-refractivity contribution in [2.24, 2.45) is 5.16 Å². The molecule has 0 saturated carbocycles. The Morgan fingerprint density at radius 2 is 2.07 bits per heavy atom. The highest BCUT2D eigenvalue weighted by atomic mass is 19.1. The summed E-state index contributed by atoms with van der Waals surface area (Å²) in [6, 6.07) is 3.06. The topological polar surface area (TPSA) is 48.7 Å². The van der Waals surface area contributed by atoms with Gasteiger partial charge in [-0.2, -0.15) is 0 Å². The molecule has 15 heavy (non-hydrogen) atoms.